The molecule has 0 amide bonds. The van der Waals surface area contributed by atoms with E-state index in [1.807, 2.05) is 12.2 Å². The van der Waals surface area contributed by atoms with Crippen molar-refractivity contribution in [3.8, 4) is 0 Å². The van der Waals surface area contributed by atoms with Gasteiger partial charge in [0.2, 0.25) is 0 Å². The van der Waals surface area contributed by atoms with Gasteiger partial charge in [-0.15, -0.1) is 0 Å². The lowest BCUT2D eigenvalue weighted by atomic mass is 9.94. The number of rotatable bonds is 12. The monoisotopic (exact) mass is 352 g/mol. The Kier molecular flexibility index (Phi) is 10.3. The molecule has 0 bridgehead atoms. The minimum absolute atomic E-state index is 0.0301. The molecule has 0 radical (unpaired) electrons. The quantitative estimate of drug-likeness (QED) is 0.284. The van der Waals surface area contributed by atoms with E-state index < -0.39 is 18.2 Å². The maximum absolute atomic E-state index is 12.1. The summed E-state index contributed by atoms with van der Waals surface area (Å²) >= 11 is 0. The maximum atomic E-state index is 12.1. The van der Waals surface area contributed by atoms with Crippen molar-refractivity contribution >= 4 is 11.8 Å². The molecule has 1 aliphatic rings. The van der Waals surface area contributed by atoms with Crippen LogP contribution in [0, 0.1) is 5.92 Å². The number of aliphatic hydroxyl groups is 2. The Balaban J connectivity index is 2.49. The van der Waals surface area contributed by atoms with E-state index in [1.54, 1.807) is 6.08 Å². The molecule has 0 heterocycles. The fourth-order valence-corrected chi connectivity index (χ4v) is 3.16. The Morgan fingerprint density at radius 2 is 2.04 bits per heavy atom. The van der Waals surface area contributed by atoms with Gasteiger partial charge in [-0.3, -0.25) is 9.59 Å². The van der Waals surface area contributed by atoms with Crippen molar-refractivity contribution in [3.63, 3.8) is 0 Å². The van der Waals surface area contributed by atoms with E-state index in [4.69, 9.17) is 5.11 Å². The van der Waals surface area contributed by atoms with E-state index in [9.17, 15) is 19.8 Å². The molecule has 0 aromatic heterocycles. The van der Waals surface area contributed by atoms with E-state index in [0.717, 1.165) is 25.7 Å². The molecule has 5 heteroatoms. The zero-order valence-corrected chi connectivity index (χ0v) is 15.2. The highest BCUT2D eigenvalue weighted by atomic mass is 16.4. The first-order valence-electron chi connectivity index (χ1n) is 9.41. The molecule has 3 N–H and O–H groups in total. The van der Waals surface area contributed by atoms with Crippen molar-refractivity contribution in [2.24, 2.45) is 5.92 Å². The van der Waals surface area contributed by atoms with Gasteiger partial charge in [0.05, 0.1) is 12.2 Å². The van der Waals surface area contributed by atoms with Gasteiger partial charge in [-0.1, -0.05) is 44.4 Å². The first-order valence-corrected chi connectivity index (χ1v) is 9.41. The van der Waals surface area contributed by atoms with E-state index >= 15 is 0 Å². The molecule has 1 saturated carbocycles. The number of carbonyl (C=O) groups is 2. The number of ketones is 1. The Labute approximate surface area is 150 Å². The molecule has 25 heavy (non-hydrogen) atoms. The molecule has 0 saturated heterocycles. The second-order valence-corrected chi connectivity index (χ2v) is 6.84. The number of aliphatic hydroxyl groups excluding tert-OH is 2. The summed E-state index contributed by atoms with van der Waals surface area (Å²) in [6.45, 7) is 2.12. The van der Waals surface area contributed by atoms with Crippen molar-refractivity contribution in [2.75, 3.05) is 0 Å². The molecule has 0 aromatic carbocycles. The highest BCUT2D eigenvalue weighted by Crippen LogP contribution is 2.32. The van der Waals surface area contributed by atoms with Crippen molar-refractivity contribution in [1.82, 2.24) is 0 Å². The Hall–Kier alpha value is -1.46. The van der Waals surface area contributed by atoms with Crippen molar-refractivity contribution in [1.29, 1.82) is 0 Å². The molecule has 3 atom stereocenters. The van der Waals surface area contributed by atoms with Gasteiger partial charge in [-0.05, 0) is 37.7 Å². The van der Waals surface area contributed by atoms with Crippen molar-refractivity contribution < 1.29 is 24.9 Å². The summed E-state index contributed by atoms with van der Waals surface area (Å²) in [4.78, 5) is 22.5. The predicted octanol–water partition coefficient (Wildman–Crippen LogP) is 3.40. The van der Waals surface area contributed by atoms with Gasteiger partial charge in [-0.25, -0.2) is 0 Å². The smallest absolute Gasteiger partial charge is 0.303 e. The van der Waals surface area contributed by atoms with Crippen LogP contribution in [-0.2, 0) is 9.59 Å². The van der Waals surface area contributed by atoms with Crippen molar-refractivity contribution in [3.05, 3.63) is 23.8 Å². The average molecular weight is 352 g/mol. The number of aliphatic carboxylic acids is 1. The van der Waals surface area contributed by atoms with Gasteiger partial charge >= 0.3 is 5.97 Å². The second kappa shape index (κ2) is 12.0. The third kappa shape index (κ3) is 8.45. The molecule has 0 aromatic rings. The van der Waals surface area contributed by atoms with Crippen LogP contribution in [0.25, 0.3) is 0 Å². The van der Waals surface area contributed by atoms with E-state index in [-0.39, 0.29) is 24.5 Å². The average Bonchev–Trinajstić information content (AvgIpc) is 2.82. The highest BCUT2D eigenvalue weighted by molar-refractivity contribution is 5.98. The number of Topliss-reactive ketones (excluding diaryl/α,β-unsaturated/α-hetero) is 1. The third-order valence-corrected chi connectivity index (χ3v) is 4.65. The van der Waals surface area contributed by atoms with Crippen LogP contribution < -0.4 is 0 Å². The van der Waals surface area contributed by atoms with Crippen molar-refractivity contribution in [2.45, 2.75) is 83.3 Å². The van der Waals surface area contributed by atoms with Crippen LogP contribution in [0.15, 0.2) is 23.8 Å². The first-order chi connectivity index (χ1) is 12.0. The number of hydrogen-bond donors (Lipinski definition) is 3. The zero-order valence-electron chi connectivity index (χ0n) is 15.2. The lowest BCUT2D eigenvalue weighted by Crippen LogP contribution is -2.14. The molecule has 1 aliphatic carbocycles. The largest absolute Gasteiger partial charge is 0.481 e. The van der Waals surface area contributed by atoms with Crippen LogP contribution in [0.3, 0.4) is 0 Å². The lowest BCUT2D eigenvalue weighted by molar-refractivity contribution is -0.137. The Morgan fingerprint density at radius 1 is 1.28 bits per heavy atom. The SMILES string of the molecule is CCCCCC(O)C/C=C1/C(=O)CC(O)C1C/C=C/CCCC(=O)O. The summed E-state index contributed by atoms with van der Waals surface area (Å²) in [6.07, 6.45) is 11.1. The van der Waals surface area contributed by atoms with E-state index in [0.29, 0.717) is 31.3 Å². The summed E-state index contributed by atoms with van der Waals surface area (Å²) in [5, 5.41) is 28.7. The summed E-state index contributed by atoms with van der Waals surface area (Å²) in [5.74, 6) is -1.04. The number of carboxylic acid groups (broad SMARTS) is 1. The maximum Gasteiger partial charge on any atom is 0.303 e. The number of unbranched alkanes of at least 4 members (excludes halogenated alkanes) is 3. The van der Waals surface area contributed by atoms with Crippen LogP contribution in [0.4, 0.5) is 0 Å². The normalized spacial score (nSPS) is 23.6. The predicted molar refractivity (Wildman–Crippen MR) is 97.2 cm³/mol. The number of carbonyl (C=O) groups excluding carboxylic acids is 1. The summed E-state index contributed by atoms with van der Waals surface area (Å²) in [7, 11) is 0. The third-order valence-electron chi connectivity index (χ3n) is 4.65. The van der Waals surface area contributed by atoms with E-state index in [2.05, 4.69) is 6.92 Å². The Morgan fingerprint density at radius 3 is 2.72 bits per heavy atom. The van der Waals surface area contributed by atoms with Gasteiger partial charge in [0.25, 0.3) is 0 Å². The topological polar surface area (TPSA) is 94.8 Å². The van der Waals surface area contributed by atoms with Crippen LogP contribution >= 0.6 is 0 Å². The summed E-state index contributed by atoms with van der Waals surface area (Å²) in [6, 6.07) is 0. The fraction of sp³-hybridized carbons (Fsp3) is 0.700. The first kappa shape index (κ1) is 21.6. The molecular formula is C20H32O5. The van der Waals surface area contributed by atoms with Gasteiger partial charge in [-0.2, -0.15) is 0 Å². The highest BCUT2D eigenvalue weighted by Gasteiger charge is 2.35. The van der Waals surface area contributed by atoms with Crippen LogP contribution in [0.2, 0.25) is 0 Å². The van der Waals surface area contributed by atoms with Gasteiger partial charge < -0.3 is 15.3 Å². The van der Waals surface area contributed by atoms with Crippen LogP contribution in [0.5, 0.6) is 0 Å². The summed E-state index contributed by atoms with van der Waals surface area (Å²) in [5.41, 5.74) is 0.636. The number of hydrogen-bond acceptors (Lipinski definition) is 4. The zero-order chi connectivity index (χ0) is 18.7. The molecule has 142 valence electrons. The molecule has 5 nitrogen and oxygen atoms in total. The minimum atomic E-state index is -0.798. The molecule has 1 fully saturated rings. The Bertz CT molecular complexity index is 480. The molecule has 0 aliphatic heterocycles. The van der Waals surface area contributed by atoms with Gasteiger partial charge in [0.1, 0.15) is 0 Å². The molecule has 3 unspecified atom stereocenters. The second-order valence-electron chi connectivity index (χ2n) is 6.84. The number of carboxylic acids is 1. The van der Waals surface area contributed by atoms with Crippen LogP contribution in [-0.4, -0.2) is 39.3 Å². The molecule has 1 rings (SSSR count). The van der Waals surface area contributed by atoms with Gasteiger partial charge in [0.15, 0.2) is 5.78 Å². The van der Waals surface area contributed by atoms with Crippen LogP contribution in [0.1, 0.15) is 71.1 Å². The fourth-order valence-electron chi connectivity index (χ4n) is 3.16. The van der Waals surface area contributed by atoms with E-state index in [1.165, 1.54) is 0 Å². The molecular weight excluding hydrogens is 320 g/mol. The molecule has 0 spiro atoms. The minimum Gasteiger partial charge on any atom is -0.481 e. The lowest BCUT2D eigenvalue weighted by Gasteiger charge is -2.14. The van der Waals surface area contributed by atoms with Gasteiger partial charge in [0, 0.05) is 18.8 Å². The number of allylic oxidation sites excluding steroid dienone is 2. The standard InChI is InChI=1S/C20H32O5/c1-2-3-6-9-15(21)12-13-17-16(18(22)14-19(17)23)10-7-4-5-8-11-20(24)25/h4,7,13,15-16,18,21-22H,2-3,5-6,8-12,14H2,1H3,(H,24,25)/b7-4+,17-13+. The summed E-state index contributed by atoms with van der Waals surface area (Å²) < 4.78 is 0.